The Morgan fingerprint density at radius 3 is 2.82 bits per heavy atom. The number of fused-ring (bicyclic) bond motifs is 1. The molecular formula is C21H22N7O5S+. The number of aliphatic carboxylic acids is 1. The average Bonchev–Trinajstić information content (AvgIpc) is 2.83. The maximum Gasteiger partial charge on any atom is 0.352 e. The number of amides is 2. The minimum Gasteiger partial charge on any atom is -0.477 e. The maximum absolute atomic E-state index is 13.0. The van der Waals surface area contributed by atoms with Crippen molar-refractivity contribution in [3.05, 3.63) is 60.0 Å². The number of rotatable bonds is 8. The van der Waals surface area contributed by atoms with E-state index < -0.39 is 29.2 Å². The Labute approximate surface area is 198 Å². The molecule has 34 heavy (non-hydrogen) atoms. The van der Waals surface area contributed by atoms with Crippen LogP contribution in [0.3, 0.4) is 0 Å². The van der Waals surface area contributed by atoms with Crippen LogP contribution in [-0.2, 0) is 25.8 Å². The van der Waals surface area contributed by atoms with Crippen LogP contribution in [0.25, 0.3) is 0 Å². The van der Waals surface area contributed by atoms with Gasteiger partial charge in [-0.1, -0.05) is 11.2 Å². The maximum atomic E-state index is 13.0. The van der Waals surface area contributed by atoms with E-state index in [4.69, 9.17) is 10.6 Å². The number of thioether (sulfide) groups is 1. The van der Waals surface area contributed by atoms with E-state index in [9.17, 15) is 19.5 Å². The first-order valence-corrected chi connectivity index (χ1v) is 11.4. The molecule has 0 aliphatic carbocycles. The number of hydrogen-bond acceptors (Lipinski definition) is 9. The van der Waals surface area contributed by atoms with Crippen LogP contribution in [0, 0.1) is 0 Å². The summed E-state index contributed by atoms with van der Waals surface area (Å²) in [4.78, 5) is 52.2. The van der Waals surface area contributed by atoms with Crippen molar-refractivity contribution in [1.82, 2.24) is 20.2 Å². The summed E-state index contributed by atoms with van der Waals surface area (Å²) in [5.41, 5.74) is 5.99. The molecule has 2 aromatic rings. The lowest BCUT2D eigenvalue weighted by Crippen LogP contribution is -2.71. The first kappa shape index (κ1) is 23.2. The summed E-state index contributed by atoms with van der Waals surface area (Å²) in [5.74, 6) is -1.98. The van der Waals surface area contributed by atoms with Gasteiger partial charge < -0.3 is 21.0 Å². The van der Waals surface area contributed by atoms with Crippen molar-refractivity contribution in [3.8, 4) is 0 Å². The van der Waals surface area contributed by atoms with E-state index in [1.54, 1.807) is 6.92 Å². The zero-order valence-electron chi connectivity index (χ0n) is 18.1. The van der Waals surface area contributed by atoms with Gasteiger partial charge in [0.05, 0.1) is 0 Å². The number of pyridine rings is 1. The van der Waals surface area contributed by atoms with Gasteiger partial charge in [0.25, 0.3) is 11.8 Å². The molecule has 2 aliphatic rings. The molecule has 12 nitrogen and oxygen atoms in total. The lowest BCUT2D eigenvalue weighted by molar-refractivity contribution is -0.689. The van der Waals surface area contributed by atoms with Gasteiger partial charge in [-0.2, -0.15) is 0 Å². The average molecular weight is 485 g/mol. The molecule has 2 aliphatic heterocycles. The van der Waals surface area contributed by atoms with Gasteiger partial charge in [-0.15, -0.1) is 11.8 Å². The SMILES string of the molecule is CCO/N=C(\C(=O)NC1C(=O)N2C(C(=O)O)=C(C[n+]3ccccc3)CS[C@H]12)c1nccc(N)n1. The monoisotopic (exact) mass is 484 g/mol. The fraction of sp³-hybridized carbons (Fsp3) is 0.286. The van der Waals surface area contributed by atoms with Crippen LogP contribution >= 0.6 is 11.8 Å². The minimum atomic E-state index is -1.19. The van der Waals surface area contributed by atoms with Gasteiger partial charge in [0, 0.05) is 29.7 Å². The summed E-state index contributed by atoms with van der Waals surface area (Å²) in [6, 6.07) is 6.05. The van der Waals surface area contributed by atoms with Crippen molar-refractivity contribution in [1.29, 1.82) is 0 Å². The Morgan fingerprint density at radius 1 is 1.38 bits per heavy atom. The van der Waals surface area contributed by atoms with E-state index in [1.807, 2.05) is 35.2 Å². The lowest BCUT2D eigenvalue weighted by atomic mass is 10.0. The molecule has 2 amide bonds. The molecule has 4 N–H and O–H groups in total. The Hall–Kier alpha value is -4.00. The predicted molar refractivity (Wildman–Crippen MR) is 121 cm³/mol. The van der Waals surface area contributed by atoms with E-state index in [2.05, 4.69) is 20.4 Å². The third-order valence-electron chi connectivity index (χ3n) is 5.08. The van der Waals surface area contributed by atoms with E-state index in [0.717, 1.165) is 0 Å². The standard InChI is InChI=1S/C21H21N7O5S/c1-2-33-26-14(17-23-7-6-13(22)24-17)18(29)25-15-19(30)28-16(21(31)32)12(11-34-20(15)28)10-27-8-4-3-5-9-27/h3-9,15,20H,2,10-11H2,1H3,(H3-,22,23,24,25,29,31,32)/p+1/b26-14-/t15?,20-/m1/s1. The number of carboxylic acid groups (broad SMARTS) is 1. The molecule has 1 saturated heterocycles. The zero-order chi connectivity index (χ0) is 24.2. The number of carbonyl (C=O) groups is 3. The van der Waals surface area contributed by atoms with Crippen LogP contribution in [0.4, 0.5) is 5.82 Å². The van der Waals surface area contributed by atoms with Crippen LogP contribution in [0.5, 0.6) is 0 Å². The van der Waals surface area contributed by atoms with E-state index in [1.165, 1.54) is 28.9 Å². The second-order valence-electron chi connectivity index (χ2n) is 7.33. The molecule has 4 rings (SSSR count). The van der Waals surface area contributed by atoms with Crippen LogP contribution in [0.2, 0.25) is 0 Å². The number of nitrogens with two attached hydrogens (primary N) is 1. The molecule has 4 heterocycles. The number of β-lactam (4-membered cyclic amide) rings is 1. The normalized spacial score (nSPS) is 19.9. The van der Waals surface area contributed by atoms with Crippen molar-refractivity contribution in [2.24, 2.45) is 5.16 Å². The van der Waals surface area contributed by atoms with E-state index in [0.29, 0.717) is 17.9 Å². The summed E-state index contributed by atoms with van der Waals surface area (Å²) >= 11 is 1.38. The highest BCUT2D eigenvalue weighted by molar-refractivity contribution is 8.00. The molecule has 1 fully saturated rings. The first-order valence-electron chi connectivity index (χ1n) is 10.3. The van der Waals surface area contributed by atoms with Crippen LogP contribution in [-0.4, -0.2) is 67.2 Å². The second kappa shape index (κ2) is 9.87. The van der Waals surface area contributed by atoms with Gasteiger partial charge in [-0.3, -0.25) is 14.5 Å². The Bertz CT molecular complexity index is 1190. The molecule has 2 aromatic heterocycles. The highest BCUT2D eigenvalue weighted by atomic mass is 32.2. The van der Waals surface area contributed by atoms with Crippen molar-refractivity contribution < 1.29 is 28.9 Å². The lowest BCUT2D eigenvalue weighted by Gasteiger charge is -2.49. The van der Waals surface area contributed by atoms with Crippen LogP contribution in [0.1, 0.15) is 12.7 Å². The molecule has 13 heteroatoms. The van der Waals surface area contributed by atoms with Gasteiger partial charge in [-0.05, 0) is 13.0 Å². The van der Waals surface area contributed by atoms with Gasteiger partial charge in [0.2, 0.25) is 5.71 Å². The number of oxime groups is 1. The van der Waals surface area contributed by atoms with Gasteiger partial charge in [0.1, 0.15) is 29.5 Å². The second-order valence-corrected chi connectivity index (χ2v) is 8.43. The molecule has 1 unspecified atom stereocenters. The Kier molecular flexibility index (Phi) is 6.72. The topological polar surface area (TPSA) is 164 Å². The number of hydrogen-bond donors (Lipinski definition) is 3. The van der Waals surface area contributed by atoms with Crippen molar-refractivity contribution in [3.63, 3.8) is 0 Å². The quantitative estimate of drug-likeness (QED) is 0.194. The highest BCUT2D eigenvalue weighted by Gasteiger charge is 2.54. The minimum absolute atomic E-state index is 0.0563. The van der Waals surface area contributed by atoms with Gasteiger partial charge in [-0.25, -0.2) is 19.3 Å². The Morgan fingerprint density at radius 2 is 2.15 bits per heavy atom. The summed E-state index contributed by atoms with van der Waals surface area (Å²) < 4.78 is 1.84. The van der Waals surface area contributed by atoms with Crippen molar-refractivity contribution >= 4 is 41.1 Å². The van der Waals surface area contributed by atoms with Crippen molar-refractivity contribution in [2.45, 2.75) is 24.9 Å². The number of carboxylic acids is 1. The third-order valence-corrected chi connectivity index (χ3v) is 6.42. The highest BCUT2D eigenvalue weighted by Crippen LogP contribution is 2.40. The van der Waals surface area contributed by atoms with Gasteiger partial charge in [0.15, 0.2) is 24.8 Å². The number of nitrogens with zero attached hydrogens (tertiary/aromatic N) is 5. The number of nitrogen functional groups attached to an aromatic ring is 1. The Balaban J connectivity index is 1.54. The summed E-state index contributed by atoms with van der Waals surface area (Å²) in [7, 11) is 0. The number of anilines is 1. The first-order chi connectivity index (χ1) is 16.4. The van der Waals surface area contributed by atoms with Crippen LogP contribution in [0.15, 0.2) is 59.3 Å². The van der Waals surface area contributed by atoms with Crippen molar-refractivity contribution in [2.75, 3.05) is 18.1 Å². The molecule has 0 spiro atoms. The molecule has 176 valence electrons. The smallest absolute Gasteiger partial charge is 0.352 e. The van der Waals surface area contributed by atoms with Crippen LogP contribution < -0.4 is 15.6 Å². The zero-order valence-corrected chi connectivity index (χ0v) is 18.9. The number of carbonyl (C=O) groups excluding carboxylic acids is 2. The third kappa shape index (κ3) is 4.55. The van der Waals surface area contributed by atoms with E-state index in [-0.39, 0.29) is 29.7 Å². The number of aromatic nitrogens is 3. The van der Waals surface area contributed by atoms with Gasteiger partial charge >= 0.3 is 5.97 Å². The molecular weight excluding hydrogens is 462 g/mol. The van der Waals surface area contributed by atoms with E-state index >= 15 is 0 Å². The predicted octanol–water partition coefficient (Wildman–Crippen LogP) is -0.474. The fourth-order valence-corrected chi connectivity index (χ4v) is 4.91. The molecule has 0 aromatic carbocycles. The molecule has 2 atom stereocenters. The summed E-state index contributed by atoms with van der Waals surface area (Å²) in [5, 5.41) is 15.7. The number of nitrogens with one attached hydrogen (secondary N) is 1. The molecule has 0 radical (unpaired) electrons. The molecule has 0 bridgehead atoms. The largest absolute Gasteiger partial charge is 0.477 e. The summed E-state index contributed by atoms with van der Waals surface area (Å²) in [6.45, 7) is 2.22. The fourth-order valence-electron chi connectivity index (χ4n) is 3.57. The molecule has 0 saturated carbocycles. The summed E-state index contributed by atoms with van der Waals surface area (Å²) in [6.07, 6.45) is 5.01.